The number of hydrogen-bond donors (Lipinski definition) is 2. The zero-order chi connectivity index (χ0) is 16.0. The van der Waals surface area contributed by atoms with Gasteiger partial charge in [-0.1, -0.05) is 29.8 Å². The van der Waals surface area contributed by atoms with Crippen molar-refractivity contribution >= 4 is 23.6 Å². The molecule has 0 aromatic heterocycles. The van der Waals surface area contributed by atoms with E-state index >= 15 is 0 Å². The number of nitrogens with one attached hydrogen (secondary N) is 1. The molecule has 0 aliphatic heterocycles. The Morgan fingerprint density at radius 1 is 1.43 bits per heavy atom. The maximum absolute atomic E-state index is 12.1. The van der Waals surface area contributed by atoms with Crippen molar-refractivity contribution in [1.82, 2.24) is 10.2 Å². The fourth-order valence-corrected chi connectivity index (χ4v) is 2.01. The quantitative estimate of drug-likeness (QED) is 0.843. The van der Waals surface area contributed by atoms with Gasteiger partial charge in [0.2, 0.25) is 0 Å². The summed E-state index contributed by atoms with van der Waals surface area (Å²) < 4.78 is 4.97. The number of carbonyl (C=O) groups is 2. The molecule has 2 amide bonds. The van der Waals surface area contributed by atoms with Crippen LogP contribution >= 0.6 is 11.6 Å². The van der Waals surface area contributed by atoms with E-state index in [2.05, 4.69) is 5.32 Å². The number of carbonyl (C=O) groups excluding carboxylic acids is 1. The summed E-state index contributed by atoms with van der Waals surface area (Å²) in [7, 11) is 3.11. The summed E-state index contributed by atoms with van der Waals surface area (Å²) in [5.74, 6) is -1.18. The largest absolute Gasteiger partial charge is 0.479 e. The fraction of sp³-hybridized carbons (Fsp3) is 0.429. The first kappa shape index (κ1) is 17.3. The molecule has 0 radical (unpaired) electrons. The maximum Gasteiger partial charge on any atom is 0.331 e. The van der Waals surface area contributed by atoms with Crippen molar-refractivity contribution in [3.63, 3.8) is 0 Å². The summed E-state index contributed by atoms with van der Waals surface area (Å²) >= 11 is 5.99. The first-order chi connectivity index (χ1) is 9.88. The standard InChI is InChI=1S/C14H19ClN2O4/c1-9(8-21-3)17(2)14(20)16-12(13(18)19)10-6-4-5-7-11(10)15/h4-7,9,12H,8H2,1-3H3,(H,16,20)(H,18,19)/t9?,12-/m1/s1. The molecule has 1 aromatic carbocycles. The number of carboxylic acid groups (broad SMARTS) is 1. The highest BCUT2D eigenvalue weighted by Crippen LogP contribution is 2.23. The lowest BCUT2D eigenvalue weighted by atomic mass is 10.1. The van der Waals surface area contributed by atoms with Crippen molar-refractivity contribution < 1.29 is 19.4 Å². The number of carboxylic acids is 1. The normalized spacial score (nSPS) is 13.3. The summed E-state index contributed by atoms with van der Waals surface area (Å²) in [6.45, 7) is 2.15. The predicted molar refractivity (Wildman–Crippen MR) is 79.5 cm³/mol. The third-order valence-electron chi connectivity index (χ3n) is 3.12. The fourth-order valence-electron chi connectivity index (χ4n) is 1.76. The van der Waals surface area contributed by atoms with Crippen molar-refractivity contribution in [1.29, 1.82) is 0 Å². The van der Waals surface area contributed by atoms with Gasteiger partial charge in [0.15, 0.2) is 6.04 Å². The third kappa shape index (κ3) is 4.61. The molecule has 6 nitrogen and oxygen atoms in total. The molecule has 116 valence electrons. The SMILES string of the molecule is COCC(C)N(C)C(=O)N[C@@H](C(=O)O)c1ccccc1Cl. The molecule has 0 aliphatic rings. The molecule has 0 saturated carbocycles. The van der Waals surface area contributed by atoms with Gasteiger partial charge >= 0.3 is 12.0 Å². The van der Waals surface area contributed by atoms with Crippen LogP contribution in [0.25, 0.3) is 0 Å². The zero-order valence-electron chi connectivity index (χ0n) is 12.2. The van der Waals surface area contributed by atoms with Crippen LogP contribution in [0.1, 0.15) is 18.5 Å². The average molecular weight is 315 g/mol. The number of urea groups is 1. The summed E-state index contributed by atoms with van der Waals surface area (Å²) in [5, 5.41) is 12.1. The Morgan fingerprint density at radius 2 is 2.05 bits per heavy atom. The lowest BCUT2D eigenvalue weighted by Gasteiger charge is -2.26. The minimum atomic E-state index is -1.21. The van der Waals surface area contributed by atoms with Crippen molar-refractivity contribution in [2.75, 3.05) is 20.8 Å². The number of amides is 2. The van der Waals surface area contributed by atoms with E-state index in [1.54, 1.807) is 38.2 Å². The Labute approximate surface area is 128 Å². The second kappa shape index (κ2) is 7.85. The van der Waals surface area contributed by atoms with Crippen LogP contribution in [0.3, 0.4) is 0 Å². The van der Waals surface area contributed by atoms with E-state index in [1.165, 1.54) is 12.0 Å². The number of aliphatic carboxylic acids is 1. The molecule has 7 heteroatoms. The summed E-state index contributed by atoms with van der Waals surface area (Å²) in [6.07, 6.45) is 0. The Kier molecular flexibility index (Phi) is 6.45. The van der Waals surface area contributed by atoms with Gasteiger partial charge in [-0.05, 0) is 13.0 Å². The number of benzene rings is 1. The highest BCUT2D eigenvalue weighted by molar-refractivity contribution is 6.31. The minimum absolute atomic E-state index is 0.185. The Balaban J connectivity index is 2.87. The van der Waals surface area contributed by atoms with Crippen LogP contribution in [-0.2, 0) is 9.53 Å². The molecule has 1 unspecified atom stereocenters. The van der Waals surface area contributed by atoms with E-state index in [0.29, 0.717) is 12.2 Å². The van der Waals surface area contributed by atoms with Gasteiger partial charge in [-0.25, -0.2) is 9.59 Å². The average Bonchev–Trinajstić information content (AvgIpc) is 2.44. The second-order valence-corrected chi connectivity index (χ2v) is 5.06. The van der Waals surface area contributed by atoms with Crippen LogP contribution in [-0.4, -0.2) is 48.8 Å². The topological polar surface area (TPSA) is 78.9 Å². The van der Waals surface area contributed by atoms with Crippen molar-refractivity contribution in [3.05, 3.63) is 34.9 Å². The Morgan fingerprint density at radius 3 is 2.57 bits per heavy atom. The van der Waals surface area contributed by atoms with Crippen LogP contribution in [0.4, 0.5) is 4.79 Å². The van der Waals surface area contributed by atoms with E-state index in [9.17, 15) is 14.7 Å². The lowest BCUT2D eigenvalue weighted by Crippen LogP contribution is -2.46. The summed E-state index contributed by atoms with van der Waals surface area (Å²) in [5.41, 5.74) is 0.341. The van der Waals surface area contributed by atoms with Gasteiger partial charge in [0.25, 0.3) is 0 Å². The molecule has 21 heavy (non-hydrogen) atoms. The number of hydrogen-bond acceptors (Lipinski definition) is 3. The van der Waals surface area contributed by atoms with Gasteiger partial charge in [0.1, 0.15) is 0 Å². The molecule has 0 aliphatic carbocycles. The monoisotopic (exact) mass is 314 g/mol. The Hall–Kier alpha value is -1.79. The van der Waals surface area contributed by atoms with E-state index in [0.717, 1.165) is 0 Å². The minimum Gasteiger partial charge on any atom is -0.479 e. The van der Waals surface area contributed by atoms with E-state index in [-0.39, 0.29) is 11.1 Å². The molecule has 1 aromatic rings. The number of nitrogens with zero attached hydrogens (tertiary/aromatic N) is 1. The maximum atomic E-state index is 12.1. The van der Waals surface area contributed by atoms with Gasteiger partial charge in [-0.2, -0.15) is 0 Å². The molecule has 0 bridgehead atoms. The predicted octanol–water partition coefficient (Wildman–Crippen LogP) is 2.14. The van der Waals surface area contributed by atoms with Gasteiger partial charge in [0.05, 0.1) is 12.6 Å². The molecule has 2 N–H and O–H groups in total. The van der Waals surface area contributed by atoms with Crippen LogP contribution < -0.4 is 5.32 Å². The van der Waals surface area contributed by atoms with E-state index in [4.69, 9.17) is 16.3 Å². The summed E-state index contributed by atoms with van der Waals surface area (Å²) in [6, 6.07) is 4.61. The van der Waals surface area contributed by atoms with Crippen LogP contribution in [0.5, 0.6) is 0 Å². The van der Waals surface area contributed by atoms with Gasteiger partial charge in [0, 0.05) is 24.7 Å². The molecule has 2 atom stereocenters. The van der Waals surface area contributed by atoms with Crippen LogP contribution in [0, 0.1) is 0 Å². The smallest absolute Gasteiger partial charge is 0.331 e. The zero-order valence-corrected chi connectivity index (χ0v) is 12.9. The van der Waals surface area contributed by atoms with Gasteiger partial charge in [-0.15, -0.1) is 0 Å². The second-order valence-electron chi connectivity index (χ2n) is 4.66. The lowest BCUT2D eigenvalue weighted by molar-refractivity contribution is -0.139. The van der Waals surface area contributed by atoms with Crippen LogP contribution in [0.2, 0.25) is 5.02 Å². The van der Waals surface area contributed by atoms with E-state index < -0.39 is 18.0 Å². The molecule has 0 saturated heterocycles. The van der Waals surface area contributed by atoms with Gasteiger partial charge < -0.3 is 20.1 Å². The first-order valence-electron chi connectivity index (χ1n) is 6.38. The molecule has 0 fully saturated rings. The highest BCUT2D eigenvalue weighted by Gasteiger charge is 2.26. The highest BCUT2D eigenvalue weighted by atomic mass is 35.5. The van der Waals surface area contributed by atoms with Gasteiger partial charge in [-0.3, -0.25) is 0 Å². The van der Waals surface area contributed by atoms with Crippen LogP contribution in [0.15, 0.2) is 24.3 Å². The number of methoxy groups -OCH3 is 1. The van der Waals surface area contributed by atoms with E-state index in [1.807, 2.05) is 0 Å². The molecule has 0 heterocycles. The van der Waals surface area contributed by atoms with Crippen molar-refractivity contribution in [3.8, 4) is 0 Å². The molecular formula is C14H19ClN2O4. The first-order valence-corrected chi connectivity index (χ1v) is 6.75. The number of ether oxygens (including phenoxy) is 1. The van der Waals surface area contributed by atoms with Crippen molar-refractivity contribution in [2.24, 2.45) is 0 Å². The molecule has 1 rings (SSSR count). The number of halogens is 1. The molecular weight excluding hydrogens is 296 g/mol. The molecule has 0 spiro atoms. The summed E-state index contributed by atoms with van der Waals surface area (Å²) in [4.78, 5) is 24.9. The Bertz CT molecular complexity index is 510. The number of rotatable bonds is 6. The third-order valence-corrected chi connectivity index (χ3v) is 3.46. The number of likely N-dealkylation sites (N-methyl/N-ethyl adjacent to an activating group) is 1. The van der Waals surface area contributed by atoms with Crippen molar-refractivity contribution in [2.45, 2.75) is 19.0 Å².